The van der Waals surface area contributed by atoms with Crippen LogP contribution in [0.3, 0.4) is 0 Å². The minimum absolute atomic E-state index is 0.0405. The third-order valence-electron chi connectivity index (χ3n) is 12.3. The van der Waals surface area contributed by atoms with Crippen LogP contribution in [0.25, 0.3) is 0 Å². The van der Waals surface area contributed by atoms with E-state index in [4.69, 9.17) is 13.8 Å². The topological polar surface area (TPSA) is 114 Å². The molecule has 0 aromatic carbocycles. The Kier molecular flexibility index (Phi) is 49.2. The maximum absolute atomic E-state index is 13.5. The van der Waals surface area contributed by atoms with Gasteiger partial charge in [0.2, 0.25) is 5.91 Å². The molecule has 0 radical (unpaired) electrons. The number of unbranched alkanes of at least 4 members (excludes halogenated alkanes) is 22. The first-order chi connectivity index (χ1) is 34.9. The molecule has 0 aromatic heterocycles. The van der Waals surface area contributed by atoms with Gasteiger partial charge in [-0.25, -0.2) is 0 Å². The van der Waals surface area contributed by atoms with Gasteiger partial charge in [-0.1, -0.05) is 221 Å². The monoisotopic (exact) mass is 1020 g/mol. The molecule has 414 valence electrons. The molecular formula is C62H109N2O7P. The van der Waals surface area contributed by atoms with Crippen LogP contribution < -0.4 is 10.2 Å². The third-order valence-corrected chi connectivity index (χ3v) is 13.2. The number of allylic oxidation sites excluding steroid dienone is 15. The number of hydrogen-bond acceptors (Lipinski definition) is 7. The molecule has 1 amide bonds. The molecule has 10 heteroatoms. The number of carbonyl (C=O) groups excluding carboxylic acids is 2. The number of ether oxygens (including phenoxy) is 1. The summed E-state index contributed by atoms with van der Waals surface area (Å²) in [6.45, 7) is 6.65. The average molecular weight is 1030 g/mol. The zero-order valence-electron chi connectivity index (χ0n) is 47.1. The number of rotatable bonds is 51. The fourth-order valence-corrected chi connectivity index (χ4v) is 8.51. The van der Waals surface area contributed by atoms with Crippen LogP contribution >= 0.6 is 7.82 Å². The lowest BCUT2D eigenvalue weighted by molar-refractivity contribution is -0.870. The molecule has 3 unspecified atom stereocenters. The van der Waals surface area contributed by atoms with Crippen molar-refractivity contribution >= 4 is 19.7 Å². The second-order valence-electron chi connectivity index (χ2n) is 20.4. The first-order valence-electron chi connectivity index (χ1n) is 29.1. The van der Waals surface area contributed by atoms with Crippen molar-refractivity contribution in [1.29, 1.82) is 0 Å². The summed E-state index contributed by atoms with van der Waals surface area (Å²) >= 11 is 0. The molecule has 0 heterocycles. The van der Waals surface area contributed by atoms with E-state index in [1.165, 1.54) is 103 Å². The smallest absolute Gasteiger partial charge is 0.306 e. The van der Waals surface area contributed by atoms with E-state index in [0.29, 0.717) is 23.9 Å². The molecule has 0 saturated heterocycles. The first kappa shape index (κ1) is 68.9. The van der Waals surface area contributed by atoms with Crippen LogP contribution in [0, 0.1) is 0 Å². The highest BCUT2D eigenvalue weighted by atomic mass is 31.2. The fourth-order valence-electron chi connectivity index (χ4n) is 7.78. The predicted molar refractivity (Wildman–Crippen MR) is 307 cm³/mol. The molecule has 0 rings (SSSR count). The van der Waals surface area contributed by atoms with Crippen molar-refractivity contribution < 1.29 is 37.3 Å². The zero-order chi connectivity index (χ0) is 52.9. The predicted octanol–water partition coefficient (Wildman–Crippen LogP) is 17.0. The van der Waals surface area contributed by atoms with E-state index >= 15 is 0 Å². The summed E-state index contributed by atoms with van der Waals surface area (Å²) in [6, 6.07) is -0.930. The summed E-state index contributed by atoms with van der Waals surface area (Å²) in [5.41, 5.74) is 0. The van der Waals surface area contributed by atoms with E-state index in [2.05, 4.69) is 111 Å². The van der Waals surface area contributed by atoms with E-state index in [0.717, 1.165) is 83.5 Å². The molecule has 0 aromatic rings. The number of nitrogens with one attached hydrogen (secondary N) is 1. The van der Waals surface area contributed by atoms with Gasteiger partial charge in [-0.2, -0.15) is 0 Å². The SMILES string of the molecule is CC/C=C\C/C=C\C/C=C\C/C=C\C/C=C\CCCC(=O)OC(/C=C/CCCCCCCCCCCCC)C(COP(=O)([O-])OCC[N+](C)(C)C)NC(=O)CCCCC/C=C/C=C/CCCCCCCCC. The lowest BCUT2D eigenvalue weighted by Crippen LogP contribution is -2.47. The van der Waals surface area contributed by atoms with Crippen molar-refractivity contribution in [3.63, 3.8) is 0 Å². The Hall–Kier alpha value is -3.07. The second kappa shape index (κ2) is 51.4. The lowest BCUT2D eigenvalue weighted by Gasteiger charge is -2.30. The standard InChI is InChI=1S/C62H109N2O7P/c1-7-10-13-16-19-22-25-28-30-32-34-37-40-43-46-49-52-55-62(66)71-60(53-50-47-44-41-38-35-27-24-21-18-15-12-9-3)59(58-70-72(67,68)69-57-56-64(4,5)6)63-61(65)54-51-48-45-42-39-36-33-31-29-26-23-20-17-14-11-8-2/h10,13,19,22,28,30-31,33-34,36-37,39,43,46,50,53,59-60H,7-9,11-12,14-18,20-21,23-27,29,32,35,38,40-42,44-45,47-49,51-52,54-58H2,1-6H3,(H-,63,65,67,68)/b13-10-,22-19-,30-28-,33-31+,37-34-,39-36+,46-43-,53-50+. The lowest BCUT2D eigenvalue weighted by atomic mass is 10.0. The van der Waals surface area contributed by atoms with Crippen molar-refractivity contribution in [3.05, 3.63) is 97.2 Å². The maximum atomic E-state index is 13.5. The van der Waals surface area contributed by atoms with Gasteiger partial charge in [0.15, 0.2) is 0 Å². The first-order valence-corrected chi connectivity index (χ1v) is 30.5. The van der Waals surface area contributed by atoms with Crippen LogP contribution in [0.5, 0.6) is 0 Å². The van der Waals surface area contributed by atoms with Gasteiger partial charge in [0.05, 0.1) is 33.8 Å². The second-order valence-corrected chi connectivity index (χ2v) is 21.8. The largest absolute Gasteiger partial charge is 0.756 e. The van der Waals surface area contributed by atoms with E-state index in [-0.39, 0.29) is 25.4 Å². The van der Waals surface area contributed by atoms with Crippen LogP contribution in [-0.4, -0.2) is 69.4 Å². The molecule has 3 atom stereocenters. The van der Waals surface area contributed by atoms with E-state index in [1.807, 2.05) is 27.2 Å². The highest BCUT2D eigenvalue weighted by molar-refractivity contribution is 7.45. The molecule has 0 fully saturated rings. The number of likely N-dealkylation sites (N-methyl/N-ethyl adjacent to an activating group) is 1. The Morgan fingerprint density at radius 1 is 0.514 bits per heavy atom. The van der Waals surface area contributed by atoms with Crippen molar-refractivity contribution in [2.75, 3.05) is 40.9 Å². The number of phosphoric acid groups is 1. The van der Waals surface area contributed by atoms with Gasteiger partial charge in [-0.3, -0.25) is 14.2 Å². The van der Waals surface area contributed by atoms with Gasteiger partial charge >= 0.3 is 5.97 Å². The number of amides is 1. The molecule has 0 aliphatic heterocycles. The molecule has 1 N–H and O–H groups in total. The Balaban J connectivity index is 5.52. The normalized spacial score (nSPS) is 14.5. The number of quaternary nitrogens is 1. The van der Waals surface area contributed by atoms with Gasteiger partial charge in [0, 0.05) is 12.8 Å². The summed E-state index contributed by atoms with van der Waals surface area (Å²) in [6.07, 6.45) is 68.1. The molecule has 0 bridgehead atoms. The van der Waals surface area contributed by atoms with Crippen LogP contribution in [-0.2, 0) is 27.9 Å². The van der Waals surface area contributed by atoms with Crippen LogP contribution in [0.2, 0.25) is 0 Å². The van der Waals surface area contributed by atoms with Crippen LogP contribution in [0.1, 0.15) is 233 Å². The van der Waals surface area contributed by atoms with Crippen molar-refractivity contribution in [3.8, 4) is 0 Å². The van der Waals surface area contributed by atoms with Crippen molar-refractivity contribution in [2.24, 2.45) is 0 Å². The molecule has 0 spiro atoms. The highest BCUT2D eigenvalue weighted by Crippen LogP contribution is 2.38. The Morgan fingerprint density at radius 2 is 0.944 bits per heavy atom. The number of nitrogens with zero attached hydrogens (tertiary/aromatic N) is 1. The minimum atomic E-state index is -4.72. The molecule has 9 nitrogen and oxygen atoms in total. The molecule has 0 aliphatic carbocycles. The van der Waals surface area contributed by atoms with Gasteiger partial charge in [0.1, 0.15) is 19.3 Å². The molecular weight excluding hydrogens is 916 g/mol. The number of hydrogen-bond donors (Lipinski definition) is 1. The number of esters is 1. The number of phosphoric ester groups is 1. The van der Waals surface area contributed by atoms with E-state index in [9.17, 15) is 19.0 Å². The molecule has 72 heavy (non-hydrogen) atoms. The summed E-state index contributed by atoms with van der Waals surface area (Å²) in [4.78, 5) is 39.8. The van der Waals surface area contributed by atoms with Gasteiger partial charge < -0.3 is 28.5 Å². The summed E-state index contributed by atoms with van der Waals surface area (Å²) in [5, 5.41) is 2.99. The van der Waals surface area contributed by atoms with Crippen molar-refractivity contribution in [2.45, 2.75) is 245 Å². The Bertz CT molecular complexity index is 1560. The summed E-state index contributed by atoms with van der Waals surface area (Å²) in [7, 11) is 1.13. The van der Waals surface area contributed by atoms with Crippen molar-refractivity contribution in [1.82, 2.24) is 5.32 Å². The summed E-state index contributed by atoms with van der Waals surface area (Å²) < 4.78 is 30.2. The zero-order valence-corrected chi connectivity index (χ0v) is 48.0. The Labute approximate surface area is 443 Å². The Morgan fingerprint density at radius 3 is 1.43 bits per heavy atom. The van der Waals surface area contributed by atoms with Crippen LogP contribution in [0.15, 0.2) is 97.2 Å². The van der Waals surface area contributed by atoms with E-state index < -0.39 is 32.5 Å². The van der Waals surface area contributed by atoms with Gasteiger partial charge in [-0.15, -0.1) is 0 Å². The highest BCUT2D eigenvalue weighted by Gasteiger charge is 2.27. The number of carbonyl (C=O) groups is 2. The molecule has 0 aliphatic rings. The van der Waals surface area contributed by atoms with Gasteiger partial charge in [-0.05, 0) is 96.0 Å². The summed E-state index contributed by atoms with van der Waals surface area (Å²) in [5.74, 6) is -0.645. The minimum Gasteiger partial charge on any atom is -0.756 e. The maximum Gasteiger partial charge on any atom is 0.306 e. The quantitative estimate of drug-likeness (QED) is 0.0161. The molecule has 0 saturated carbocycles. The van der Waals surface area contributed by atoms with E-state index in [1.54, 1.807) is 6.08 Å². The third kappa shape index (κ3) is 51.8. The fraction of sp³-hybridized carbons (Fsp3) is 0.710. The average Bonchev–Trinajstić information content (AvgIpc) is 3.34. The van der Waals surface area contributed by atoms with Crippen LogP contribution in [0.4, 0.5) is 0 Å². The van der Waals surface area contributed by atoms with Gasteiger partial charge in [0.25, 0.3) is 7.82 Å².